The molecule has 2 rings (SSSR count). The van der Waals surface area contributed by atoms with Gasteiger partial charge in [0.2, 0.25) is 5.91 Å². The Morgan fingerprint density at radius 2 is 2.28 bits per heavy atom. The fraction of sp³-hybridized carbons (Fsp3) is 0.545. The molecule has 1 saturated heterocycles. The molecule has 1 unspecified atom stereocenters. The molecule has 0 bridgehead atoms. The first kappa shape index (κ1) is 14.0. The number of thiophene rings is 1. The summed E-state index contributed by atoms with van der Waals surface area (Å²) in [6.45, 7) is 0.378. The summed E-state index contributed by atoms with van der Waals surface area (Å²) in [5.74, 6) is -0.233. The molecule has 4 nitrogen and oxygen atoms in total. The lowest BCUT2D eigenvalue weighted by Gasteiger charge is -2.21. The molecule has 2 heterocycles. The van der Waals surface area contributed by atoms with Crippen LogP contribution in [-0.2, 0) is 21.2 Å². The van der Waals surface area contributed by atoms with Crippen LogP contribution < -0.4 is 5.32 Å². The van der Waals surface area contributed by atoms with Gasteiger partial charge in [-0.2, -0.15) is 0 Å². The van der Waals surface area contributed by atoms with Crippen molar-refractivity contribution in [2.75, 3.05) is 5.75 Å². The number of halogens is 1. The highest BCUT2D eigenvalue weighted by molar-refractivity contribution is 9.10. The van der Waals surface area contributed by atoms with Gasteiger partial charge in [0, 0.05) is 9.35 Å². The molecule has 1 fully saturated rings. The van der Waals surface area contributed by atoms with Crippen LogP contribution in [-0.4, -0.2) is 25.3 Å². The molecule has 1 aliphatic heterocycles. The fourth-order valence-corrected chi connectivity index (χ4v) is 5.24. The van der Waals surface area contributed by atoms with Gasteiger partial charge >= 0.3 is 0 Å². The molecule has 0 spiro atoms. The van der Waals surface area contributed by atoms with Crippen molar-refractivity contribution in [1.29, 1.82) is 0 Å². The van der Waals surface area contributed by atoms with E-state index in [4.69, 9.17) is 0 Å². The zero-order chi connectivity index (χ0) is 13.2. The third kappa shape index (κ3) is 3.13. The number of hydrogen-bond donors (Lipinski definition) is 1. The van der Waals surface area contributed by atoms with Gasteiger partial charge in [-0.25, -0.2) is 8.42 Å². The number of rotatable bonds is 3. The highest BCUT2D eigenvalue weighted by atomic mass is 79.9. The zero-order valence-corrected chi connectivity index (χ0v) is 12.9. The maximum Gasteiger partial charge on any atom is 0.238 e. The molecular formula is C11H14BrNO3S2. The van der Waals surface area contributed by atoms with Gasteiger partial charge in [0.05, 0.1) is 12.3 Å². The number of hydrogen-bond acceptors (Lipinski definition) is 4. The Kier molecular flexibility index (Phi) is 4.45. The molecule has 7 heteroatoms. The molecular weight excluding hydrogens is 338 g/mol. The maximum absolute atomic E-state index is 11.9. The van der Waals surface area contributed by atoms with Gasteiger partial charge < -0.3 is 5.32 Å². The van der Waals surface area contributed by atoms with Crippen molar-refractivity contribution in [3.05, 3.63) is 20.8 Å². The Balaban J connectivity index is 1.98. The molecule has 0 saturated carbocycles. The van der Waals surface area contributed by atoms with Crippen LogP contribution >= 0.6 is 27.3 Å². The van der Waals surface area contributed by atoms with Gasteiger partial charge in [-0.15, -0.1) is 11.3 Å². The first-order valence-corrected chi connectivity index (χ1v) is 9.10. The van der Waals surface area contributed by atoms with Crippen molar-refractivity contribution < 1.29 is 13.2 Å². The third-order valence-electron chi connectivity index (χ3n) is 2.99. The molecule has 1 aromatic rings. The lowest BCUT2D eigenvalue weighted by molar-refractivity contribution is -0.121. The molecule has 0 radical (unpaired) electrons. The Morgan fingerprint density at radius 1 is 1.50 bits per heavy atom. The van der Waals surface area contributed by atoms with Gasteiger partial charge in [0.25, 0.3) is 0 Å². The van der Waals surface area contributed by atoms with Crippen molar-refractivity contribution in [3.8, 4) is 0 Å². The minimum atomic E-state index is -3.24. The van der Waals surface area contributed by atoms with Crippen LogP contribution in [0.25, 0.3) is 0 Å². The van der Waals surface area contributed by atoms with Crippen LogP contribution in [0.15, 0.2) is 15.9 Å². The second-order valence-corrected chi connectivity index (χ2v) is 8.42. The van der Waals surface area contributed by atoms with E-state index in [1.165, 1.54) is 11.3 Å². The van der Waals surface area contributed by atoms with Gasteiger partial charge in [-0.05, 0) is 40.2 Å². The van der Waals surface area contributed by atoms with Crippen molar-refractivity contribution in [3.63, 3.8) is 0 Å². The second kappa shape index (κ2) is 5.71. The topological polar surface area (TPSA) is 63.2 Å². The van der Waals surface area contributed by atoms with Crippen molar-refractivity contribution >= 4 is 43.0 Å². The smallest absolute Gasteiger partial charge is 0.238 e. The van der Waals surface area contributed by atoms with E-state index < -0.39 is 15.1 Å². The highest BCUT2D eigenvalue weighted by Gasteiger charge is 2.34. The van der Waals surface area contributed by atoms with Crippen LogP contribution in [0.4, 0.5) is 0 Å². The largest absolute Gasteiger partial charge is 0.350 e. The first-order chi connectivity index (χ1) is 8.50. The number of carbonyl (C=O) groups excluding carboxylic acids is 1. The minimum Gasteiger partial charge on any atom is -0.350 e. The van der Waals surface area contributed by atoms with E-state index in [9.17, 15) is 13.2 Å². The summed E-state index contributed by atoms with van der Waals surface area (Å²) in [4.78, 5) is 12.9. The molecule has 100 valence electrons. The highest BCUT2D eigenvalue weighted by Crippen LogP contribution is 2.23. The molecule has 0 aromatic carbocycles. The van der Waals surface area contributed by atoms with Gasteiger partial charge in [0.1, 0.15) is 5.25 Å². The predicted octanol–water partition coefficient (Wildman–Crippen LogP) is 2.09. The SMILES string of the molecule is O=C(NCc1sccc1Br)C1CCCCS1(=O)=O. The van der Waals surface area contributed by atoms with Crippen LogP contribution in [0, 0.1) is 0 Å². The standard InChI is InChI=1S/C11H14BrNO3S2/c12-8-4-5-17-9(8)7-13-11(14)10-3-1-2-6-18(10,15)16/h4-5,10H,1-3,6-7H2,(H,13,14). The van der Waals surface area contributed by atoms with Gasteiger partial charge in [-0.3, -0.25) is 4.79 Å². The van der Waals surface area contributed by atoms with Gasteiger partial charge in [0.15, 0.2) is 9.84 Å². The van der Waals surface area contributed by atoms with Crippen molar-refractivity contribution in [2.24, 2.45) is 0 Å². The second-order valence-electron chi connectivity index (χ2n) is 4.26. The molecule has 18 heavy (non-hydrogen) atoms. The summed E-state index contributed by atoms with van der Waals surface area (Å²) >= 11 is 4.90. The number of amides is 1. The van der Waals surface area contributed by atoms with Crippen molar-refractivity contribution in [1.82, 2.24) is 5.32 Å². The van der Waals surface area contributed by atoms with Crippen LogP contribution in [0.3, 0.4) is 0 Å². The molecule has 1 aliphatic rings. The maximum atomic E-state index is 11.9. The first-order valence-electron chi connectivity index (χ1n) is 5.72. The van der Waals surface area contributed by atoms with E-state index in [1.54, 1.807) is 0 Å². The number of sulfone groups is 1. The molecule has 1 atom stereocenters. The summed E-state index contributed by atoms with van der Waals surface area (Å²) in [6, 6.07) is 1.91. The van der Waals surface area contributed by atoms with E-state index in [0.29, 0.717) is 19.4 Å². The zero-order valence-electron chi connectivity index (χ0n) is 9.69. The summed E-state index contributed by atoms with van der Waals surface area (Å²) in [5.41, 5.74) is 0. The van der Waals surface area contributed by atoms with E-state index in [-0.39, 0.29) is 11.7 Å². The number of nitrogens with one attached hydrogen (secondary N) is 1. The quantitative estimate of drug-likeness (QED) is 0.906. The fourth-order valence-electron chi connectivity index (χ4n) is 1.98. The molecule has 0 aliphatic carbocycles. The Hall–Kier alpha value is -0.400. The number of carbonyl (C=O) groups is 1. The minimum absolute atomic E-state index is 0.133. The average Bonchev–Trinajstić information content (AvgIpc) is 2.71. The summed E-state index contributed by atoms with van der Waals surface area (Å²) in [7, 11) is -3.24. The van der Waals surface area contributed by atoms with Crippen molar-refractivity contribution in [2.45, 2.75) is 31.1 Å². The molecule has 1 amide bonds. The molecule has 1 aromatic heterocycles. The lowest BCUT2D eigenvalue weighted by Crippen LogP contribution is -2.42. The lowest BCUT2D eigenvalue weighted by atomic mass is 10.2. The third-order valence-corrected chi connectivity index (χ3v) is 7.09. The summed E-state index contributed by atoms with van der Waals surface area (Å²) in [6.07, 6.45) is 1.92. The predicted molar refractivity (Wildman–Crippen MR) is 75.3 cm³/mol. The normalized spacial score (nSPS) is 22.6. The van der Waals surface area contributed by atoms with Crippen LogP contribution in [0.5, 0.6) is 0 Å². The monoisotopic (exact) mass is 351 g/mol. The van der Waals surface area contributed by atoms with Crippen LogP contribution in [0.2, 0.25) is 0 Å². The van der Waals surface area contributed by atoms with E-state index in [2.05, 4.69) is 21.2 Å². The Morgan fingerprint density at radius 3 is 2.89 bits per heavy atom. The average molecular weight is 352 g/mol. The van der Waals surface area contributed by atoms with E-state index in [0.717, 1.165) is 15.8 Å². The summed E-state index contributed by atoms with van der Waals surface area (Å²) < 4.78 is 24.5. The Labute approximate surface area is 119 Å². The van der Waals surface area contributed by atoms with E-state index in [1.807, 2.05) is 11.4 Å². The summed E-state index contributed by atoms with van der Waals surface area (Å²) in [5, 5.41) is 3.78. The van der Waals surface area contributed by atoms with Crippen LogP contribution in [0.1, 0.15) is 24.1 Å². The molecule has 1 N–H and O–H groups in total. The van der Waals surface area contributed by atoms with Gasteiger partial charge in [-0.1, -0.05) is 6.42 Å². The van der Waals surface area contributed by atoms with E-state index >= 15 is 0 Å². The Bertz CT molecular complexity index is 538.